The fraction of sp³-hybridized carbons (Fsp3) is 0.235. The summed E-state index contributed by atoms with van der Waals surface area (Å²) in [7, 11) is 0. The quantitative estimate of drug-likeness (QED) is 0.630. The van der Waals surface area contributed by atoms with Crippen molar-refractivity contribution in [1.29, 1.82) is 10.8 Å². The van der Waals surface area contributed by atoms with Crippen LogP contribution in [0.15, 0.2) is 18.5 Å². The van der Waals surface area contributed by atoms with Crippen LogP contribution in [0.2, 0.25) is 5.02 Å². The summed E-state index contributed by atoms with van der Waals surface area (Å²) in [5.41, 5.74) is 1.99. The molecule has 124 valence electrons. The highest BCUT2D eigenvalue weighted by molar-refractivity contribution is 6.35. The molecule has 1 aromatic heterocycles. The molecule has 2 N–H and O–H groups in total. The number of hydrogen-bond donors (Lipinski definition) is 2. The third-order valence-corrected chi connectivity index (χ3v) is 4.55. The van der Waals surface area contributed by atoms with E-state index in [2.05, 4.69) is 4.98 Å². The molecule has 0 bridgehead atoms. The molecule has 1 aliphatic rings. The number of benzene rings is 1. The van der Waals surface area contributed by atoms with Crippen molar-refractivity contribution in [2.24, 2.45) is 0 Å². The van der Waals surface area contributed by atoms with Crippen LogP contribution in [0.1, 0.15) is 24.5 Å². The fourth-order valence-electron chi connectivity index (χ4n) is 3.02. The number of aromatic nitrogens is 1. The van der Waals surface area contributed by atoms with Crippen molar-refractivity contribution in [3.05, 3.63) is 46.2 Å². The summed E-state index contributed by atoms with van der Waals surface area (Å²) in [6.07, 6.45) is 4.82. The lowest BCUT2D eigenvalue weighted by atomic mass is 9.93. The maximum Gasteiger partial charge on any atom is 0.151 e. The Kier molecular flexibility index (Phi) is 4.32. The molecule has 0 fully saturated rings. The number of aryl methyl sites for hydroxylation is 1. The lowest BCUT2D eigenvalue weighted by Gasteiger charge is -2.29. The fourth-order valence-corrected chi connectivity index (χ4v) is 3.33. The van der Waals surface area contributed by atoms with E-state index < -0.39 is 11.6 Å². The van der Waals surface area contributed by atoms with Gasteiger partial charge in [-0.05, 0) is 30.0 Å². The van der Waals surface area contributed by atoms with Crippen molar-refractivity contribution in [2.75, 3.05) is 4.90 Å². The summed E-state index contributed by atoms with van der Waals surface area (Å²) in [4.78, 5) is 5.09. The number of amidine groups is 1. The summed E-state index contributed by atoms with van der Waals surface area (Å²) < 4.78 is 28.9. The van der Waals surface area contributed by atoms with Crippen LogP contribution in [0.25, 0.3) is 11.1 Å². The van der Waals surface area contributed by atoms with Crippen molar-refractivity contribution < 1.29 is 8.78 Å². The zero-order valence-corrected chi connectivity index (χ0v) is 13.7. The number of nitrogens with one attached hydrogen (secondary N) is 2. The van der Waals surface area contributed by atoms with E-state index in [1.807, 2.05) is 0 Å². The highest BCUT2D eigenvalue weighted by Gasteiger charge is 2.28. The molecule has 0 unspecified atom stereocenters. The Morgan fingerprint density at radius 2 is 2.04 bits per heavy atom. The molecule has 0 spiro atoms. The zero-order valence-electron chi connectivity index (χ0n) is 13.0. The summed E-state index contributed by atoms with van der Waals surface area (Å²) in [5.74, 6) is -0.988. The van der Waals surface area contributed by atoms with Gasteiger partial charge in [0.05, 0.1) is 18.2 Å². The summed E-state index contributed by atoms with van der Waals surface area (Å²) in [6.45, 7) is 1.79. The third kappa shape index (κ3) is 2.47. The largest absolute Gasteiger partial charge is 0.291 e. The molecule has 0 saturated carbocycles. The van der Waals surface area contributed by atoms with E-state index in [1.165, 1.54) is 11.1 Å². The molecule has 1 aromatic carbocycles. The average molecular weight is 349 g/mol. The highest BCUT2D eigenvalue weighted by atomic mass is 35.5. The molecule has 0 amide bonds. The Labute approximate surface area is 143 Å². The predicted octanol–water partition coefficient (Wildman–Crippen LogP) is 4.58. The number of nitrogens with zero attached hydrogens (tertiary/aromatic N) is 2. The molecule has 3 rings (SSSR count). The van der Waals surface area contributed by atoms with Gasteiger partial charge in [0.15, 0.2) is 5.82 Å². The molecule has 7 heteroatoms. The Morgan fingerprint density at radius 3 is 2.71 bits per heavy atom. The molecule has 4 nitrogen and oxygen atoms in total. The summed E-state index contributed by atoms with van der Waals surface area (Å²) in [6, 6.07) is 1.62. The van der Waals surface area contributed by atoms with Crippen LogP contribution in [-0.2, 0) is 12.8 Å². The Bertz CT molecular complexity index is 851. The van der Waals surface area contributed by atoms with Gasteiger partial charge in [-0.1, -0.05) is 18.5 Å². The first-order valence-electron chi connectivity index (χ1n) is 7.50. The van der Waals surface area contributed by atoms with E-state index in [0.29, 0.717) is 36.1 Å². The monoisotopic (exact) mass is 348 g/mol. The lowest BCUT2D eigenvalue weighted by Crippen LogP contribution is -2.33. The molecular formula is C17H15ClF2N4. The first kappa shape index (κ1) is 16.5. The Morgan fingerprint density at radius 1 is 1.29 bits per heavy atom. The number of pyridine rings is 1. The van der Waals surface area contributed by atoms with Crippen LogP contribution in [0.4, 0.5) is 14.5 Å². The molecule has 24 heavy (non-hydrogen) atoms. The highest BCUT2D eigenvalue weighted by Crippen LogP contribution is 2.41. The maximum absolute atomic E-state index is 14.9. The third-order valence-electron chi connectivity index (χ3n) is 4.20. The van der Waals surface area contributed by atoms with Crippen molar-refractivity contribution in [2.45, 2.75) is 26.2 Å². The first-order valence-corrected chi connectivity index (χ1v) is 7.88. The number of anilines is 1. The second-order valence-electron chi connectivity index (χ2n) is 5.51. The second-order valence-corrected chi connectivity index (χ2v) is 5.88. The van der Waals surface area contributed by atoms with Gasteiger partial charge in [0.1, 0.15) is 16.7 Å². The van der Waals surface area contributed by atoms with Gasteiger partial charge in [-0.25, -0.2) is 8.78 Å². The molecule has 0 radical (unpaired) electrons. The van der Waals surface area contributed by atoms with Crippen LogP contribution in [0, 0.1) is 22.5 Å². The van der Waals surface area contributed by atoms with E-state index in [-0.39, 0.29) is 16.4 Å². The van der Waals surface area contributed by atoms with Gasteiger partial charge in [0, 0.05) is 23.7 Å². The minimum atomic E-state index is -0.695. The van der Waals surface area contributed by atoms with Crippen LogP contribution >= 0.6 is 11.6 Å². The van der Waals surface area contributed by atoms with Crippen LogP contribution in [0.5, 0.6) is 0 Å². The van der Waals surface area contributed by atoms with Crippen molar-refractivity contribution in [3.63, 3.8) is 0 Å². The predicted molar refractivity (Wildman–Crippen MR) is 91.3 cm³/mol. The normalized spacial score (nSPS) is 13.8. The van der Waals surface area contributed by atoms with Crippen molar-refractivity contribution in [3.8, 4) is 11.1 Å². The molecule has 2 heterocycles. The summed E-state index contributed by atoms with van der Waals surface area (Å²) >= 11 is 6.21. The van der Waals surface area contributed by atoms with E-state index in [4.69, 9.17) is 22.4 Å². The molecule has 0 saturated heterocycles. The number of hydrogen-bond acceptors (Lipinski definition) is 3. The minimum Gasteiger partial charge on any atom is -0.291 e. The average Bonchev–Trinajstić information content (AvgIpc) is 2.58. The van der Waals surface area contributed by atoms with Gasteiger partial charge in [-0.2, -0.15) is 0 Å². The minimum absolute atomic E-state index is 0.165. The number of halogens is 3. The Hall–Kier alpha value is -2.34. The van der Waals surface area contributed by atoms with E-state index in [1.54, 1.807) is 13.0 Å². The van der Waals surface area contributed by atoms with Crippen molar-refractivity contribution in [1.82, 2.24) is 4.98 Å². The second kappa shape index (κ2) is 6.28. The zero-order chi connectivity index (χ0) is 17.4. The molecule has 1 aliphatic heterocycles. The van der Waals surface area contributed by atoms with E-state index >= 15 is 0 Å². The van der Waals surface area contributed by atoms with Gasteiger partial charge < -0.3 is 0 Å². The van der Waals surface area contributed by atoms with Gasteiger partial charge in [-0.3, -0.25) is 20.7 Å². The standard InChI is InChI=1S/C17H15ClF2N4/c1-2-10-12(6-23-7-13(10)19)11-5-9-3-4-14(22)24(8-21)17(9)15(18)16(11)20/h5-8,21-22H,2-4H2,1H3. The molecule has 0 aliphatic carbocycles. The Balaban J connectivity index is 2.27. The topological polar surface area (TPSA) is 63.8 Å². The number of rotatable bonds is 3. The van der Waals surface area contributed by atoms with Gasteiger partial charge >= 0.3 is 0 Å². The molecular weight excluding hydrogens is 334 g/mol. The smallest absolute Gasteiger partial charge is 0.151 e. The first-order chi connectivity index (χ1) is 11.5. The molecule has 2 aromatic rings. The van der Waals surface area contributed by atoms with E-state index in [9.17, 15) is 8.78 Å². The van der Waals surface area contributed by atoms with Crippen LogP contribution in [0.3, 0.4) is 0 Å². The maximum atomic E-state index is 14.9. The van der Waals surface area contributed by atoms with E-state index in [0.717, 1.165) is 18.1 Å². The van der Waals surface area contributed by atoms with Gasteiger partial charge in [0.25, 0.3) is 0 Å². The number of fused-ring (bicyclic) bond motifs is 1. The van der Waals surface area contributed by atoms with Crippen molar-refractivity contribution >= 4 is 29.5 Å². The molecule has 0 atom stereocenters. The summed E-state index contributed by atoms with van der Waals surface area (Å²) in [5, 5.41) is 15.2. The van der Waals surface area contributed by atoms with Crippen LogP contribution in [-0.4, -0.2) is 17.2 Å². The van der Waals surface area contributed by atoms with Gasteiger partial charge in [-0.15, -0.1) is 0 Å². The lowest BCUT2D eigenvalue weighted by molar-refractivity contribution is 0.604. The van der Waals surface area contributed by atoms with Gasteiger partial charge in [0.2, 0.25) is 0 Å². The van der Waals surface area contributed by atoms with Crippen LogP contribution < -0.4 is 4.90 Å². The SMILES string of the molecule is CCc1c(F)cncc1-c1cc2c(c(Cl)c1F)N(C=N)C(=N)CC2.